The van der Waals surface area contributed by atoms with Crippen molar-refractivity contribution in [1.82, 2.24) is 37.4 Å². The van der Waals surface area contributed by atoms with Crippen molar-refractivity contribution in [1.29, 1.82) is 15.8 Å². The standard InChI is InChI=1S/C14H8ClN5OS2.C14H7F2N5OS2.C14H8N6O2S.C13H5Cl2N5OS/c1-22-13-7(6-16)4-9-12(17-13)20-23-14(9)19-18-8-2-3-11(21)10(15)5-8;1-23-13-6(5-17)2-8-12(18-13)21-24-14(8)20-19-7-3-9(15)11(22)10(16)4-7;15-5-7-3-10-13(17-6-7)20-23-14(10)19-18-8-1-2-11(21)9(4-8)12(16)22;1-16-10-5-17-4-6-12(10)20-22-13(6)19-18-9-2-8(15)11(21)3-7(9)14/h2-5,21H,1H3;2-4,22H,1H3;1-4,6,21H,(H2,16,22);2-5,21H. The van der Waals surface area contributed by atoms with Crippen LogP contribution in [-0.2, 0) is 0 Å². The second-order valence-corrected chi connectivity index (χ2v) is 23.2. The number of aromatic hydroxyl groups is 4. The van der Waals surface area contributed by atoms with Crippen LogP contribution in [-0.4, -0.2) is 76.3 Å². The average Bonchev–Trinajstić information content (AvgIpc) is 1.70. The first-order valence-corrected chi connectivity index (χ1v) is 31.4. The molecule has 12 rings (SSSR count). The van der Waals surface area contributed by atoms with E-state index in [0.717, 1.165) is 58.3 Å². The quantitative estimate of drug-likeness (QED) is 0.0456. The minimum Gasteiger partial charge on any atom is -0.507 e. The van der Waals surface area contributed by atoms with Crippen molar-refractivity contribution in [2.24, 2.45) is 46.6 Å². The molecule has 0 radical (unpaired) electrons. The van der Waals surface area contributed by atoms with Crippen molar-refractivity contribution in [3.05, 3.63) is 158 Å². The number of hydrogen-bond donors (Lipinski definition) is 5. The van der Waals surface area contributed by atoms with Gasteiger partial charge in [-0.25, -0.2) is 33.0 Å². The summed E-state index contributed by atoms with van der Waals surface area (Å²) in [6.45, 7) is 7.08. The van der Waals surface area contributed by atoms with Gasteiger partial charge in [-0.1, -0.05) is 34.8 Å². The van der Waals surface area contributed by atoms with E-state index in [4.69, 9.17) is 62.7 Å². The molecule has 8 aromatic heterocycles. The van der Waals surface area contributed by atoms with Crippen LogP contribution in [0.1, 0.15) is 27.0 Å². The lowest BCUT2D eigenvalue weighted by Gasteiger charge is -2.00. The summed E-state index contributed by atoms with van der Waals surface area (Å²) in [5.74, 6) is -4.44. The second kappa shape index (κ2) is 29.9. The zero-order chi connectivity index (χ0) is 65.8. The van der Waals surface area contributed by atoms with Crippen molar-refractivity contribution < 1.29 is 34.0 Å². The van der Waals surface area contributed by atoms with Crippen molar-refractivity contribution >= 4 is 203 Å². The minimum atomic E-state index is -1.13. The number of amides is 1. The van der Waals surface area contributed by atoms with E-state index in [-0.39, 0.29) is 43.6 Å². The number of nitrogens with zero attached hydrogens (tertiary/aromatic N) is 20. The third-order valence-electron chi connectivity index (χ3n) is 11.6. The van der Waals surface area contributed by atoms with Gasteiger partial charge in [0, 0.05) is 42.2 Å². The number of benzene rings is 4. The number of hydrogen-bond acceptors (Lipinski definition) is 30. The molecular weight excluding hydrogens is 1370 g/mol. The number of rotatable bonds is 11. The molecule has 0 spiro atoms. The predicted molar refractivity (Wildman–Crippen MR) is 346 cm³/mol. The highest BCUT2D eigenvalue weighted by molar-refractivity contribution is 7.98. The van der Waals surface area contributed by atoms with Crippen molar-refractivity contribution in [3.63, 3.8) is 0 Å². The fourth-order valence-electron chi connectivity index (χ4n) is 7.22. The van der Waals surface area contributed by atoms with Crippen LogP contribution < -0.4 is 5.73 Å². The molecule has 0 bridgehead atoms. The highest BCUT2D eigenvalue weighted by atomic mass is 35.5. The Bertz CT molecular complexity index is 5170. The van der Waals surface area contributed by atoms with E-state index >= 15 is 0 Å². The number of primary amides is 1. The topological polar surface area (TPSA) is 402 Å². The van der Waals surface area contributed by atoms with Gasteiger partial charge in [0.05, 0.1) is 82.6 Å². The summed E-state index contributed by atoms with van der Waals surface area (Å²) in [4.78, 5) is 31.2. The van der Waals surface area contributed by atoms with Crippen LogP contribution >= 0.6 is 104 Å². The Kier molecular flexibility index (Phi) is 21.4. The number of fused-ring (bicyclic) bond motifs is 4. The molecule has 37 heteroatoms. The molecule has 12 aromatic rings. The SMILES string of the molecule is CSc1nc2nsc(N=Nc3cc(F)c(O)c(F)c3)c2cc1C#N.CSc1nc2nsc(N=Nc3ccc(O)c(Cl)c3)c2cc1C#N.N#Cc1cnc2nsc(N=Nc3ccc(O)c(C(N)=O)c3)c2c1.[C-]#[N+]c1cncc2c(N=Nc3cc(Cl)c(O)cc3Cl)snc12. The summed E-state index contributed by atoms with van der Waals surface area (Å²) in [6, 6.07) is 24.2. The number of carbonyl (C=O) groups is 1. The zero-order valence-corrected chi connectivity index (χ0v) is 53.0. The summed E-state index contributed by atoms with van der Waals surface area (Å²) in [6.07, 6.45) is 8.12. The summed E-state index contributed by atoms with van der Waals surface area (Å²) in [5.41, 5.74) is 9.80. The number of thioether (sulfide) groups is 2. The van der Waals surface area contributed by atoms with E-state index in [1.807, 2.05) is 18.4 Å². The number of phenolic OH excluding ortho intramolecular Hbond substituents is 3. The van der Waals surface area contributed by atoms with Gasteiger partial charge in [0.15, 0.2) is 54.3 Å². The smallest absolute Gasteiger partial charge is 0.252 e. The highest BCUT2D eigenvalue weighted by Crippen LogP contribution is 2.41. The number of pyridine rings is 4. The molecule has 0 aliphatic heterocycles. The van der Waals surface area contributed by atoms with Gasteiger partial charge < -0.3 is 26.2 Å². The van der Waals surface area contributed by atoms with Crippen LogP contribution in [0.4, 0.5) is 57.2 Å². The maximum Gasteiger partial charge on any atom is 0.252 e. The van der Waals surface area contributed by atoms with Gasteiger partial charge in [-0.2, -0.15) is 28.9 Å². The van der Waals surface area contributed by atoms with Crippen LogP contribution in [0.3, 0.4) is 0 Å². The molecule has 4 aromatic carbocycles. The molecule has 6 N–H and O–H groups in total. The molecule has 0 aliphatic carbocycles. The van der Waals surface area contributed by atoms with Gasteiger partial charge in [-0.15, -0.1) is 64.4 Å². The van der Waals surface area contributed by atoms with E-state index in [0.29, 0.717) is 113 Å². The number of halogens is 5. The first-order valence-electron chi connectivity index (χ1n) is 24.7. The lowest BCUT2D eigenvalue weighted by molar-refractivity contribution is 0.0997. The third kappa shape index (κ3) is 15.4. The number of nitriles is 3. The maximum absolute atomic E-state index is 13.3. The van der Waals surface area contributed by atoms with Crippen molar-refractivity contribution in [2.75, 3.05) is 12.5 Å². The van der Waals surface area contributed by atoms with E-state index in [1.54, 1.807) is 36.7 Å². The molecule has 8 heterocycles. The molecule has 0 unspecified atom stereocenters. The number of phenols is 4. The Morgan fingerprint density at radius 1 is 0.576 bits per heavy atom. The molecule has 0 atom stereocenters. The summed E-state index contributed by atoms with van der Waals surface area (Å²) in [7, 11) is 0. The minimum absolute atomic E-state index is 0.0127. The van der Waals surface area contributed by atoms with Crippen LogP contribution in [0.2, 0.25) is 15.1 Å². The van der Waals surface area contributed by atoms with Crippen LogP contribution in [0.5, 0.6) is 23.0 Å². The molecule has 0 aliphatic rings. The predicted octanol–water partition coefficient (Wildman–Crippen LogP) is 18.2. The molecule has 26 nitrogen and oxygen atoms in total. The zero-order valence-electron chi connectivity index (χ0n) is 45.8. The van der Waals surface area contributed by atoms with Crippen LogP contribution in [0.25, 0.3) is 48.8 Å². The monoisotopic (exact) mass is 1400 g/mol. The van der Waals surface area contributed by atoms with Crippen molar-refractivity contribution in [3.8, 4) is 41.2 Å². The van der Waals surface area contributed by atoms with E-state index in [9.17, 15) is 34.2 Å². The second-order valence-electron chi connectivity index (χ2n) is 17.4. The van der Waals surface area contributed by atoms with Gasteiger partial charge in [0.1, 0.15) is 51.2 Å². The van der Waals surface area contributed by atoms with Gasteiger partial charge in [0.25, 0.3) is 5.91 Å². The first kappa shape index (κ1) is 65.9. The Hall–Kier alpha value is -10.5. The largest absolute Gasteiger partial charge is 0.507 e. The molecule has 1 amide bonds. The molecule has 0 saturated heterocycles. The normalized spacial score (nSPS) is 11.1. The van der Waals surface area contributed by atoms with Crippen molar-refractivity contribution in [2.45, 2.75) is 10.1 Å². The fourth-order valence-corrected chi connectivity index (χ4v) is 11.4. The van der Waals surface area contributed by atoms with E-state index < -0.39 is 23.3 Å². The van der Waals surface area contributed by atoms with E-state index in [1.165, 1.54) is 78.4 Å². The summed E-state index contributed by atoms with van der Waals surface area (Å²) in [5, 5.41) is 103. The number of aromatic nitrogens is 8. The van der Waals surface area contributed by atoms with Gasteiger partial charge in [0.2, 0.25) is 5.69 Å². The maximum atomic E-state index is 13.3. The van der Waals surface area contributed by atoms with Gasteiger partial charge in [-0.05, 0) is 119 Å². The summed E-state index contributed by atoms with van der Waals surface area (Å²) >= 11 is 24.7. The molecule has 92 heavy (non-hydrogen) atoms. The van der Waals surface area contributed by atoms with E-state index in [2.05, 4.69) is 89.3 Å². The fraction of sp³-hybridized carbons (Fsp3) is 0.0364. The lowest BCUT2D eigenvalue weighted by Crippen LogP contribution is -2.10. The molecule has 0 fully saturated rings. The van der Waals surface area contributed by atoms with Crippen LogP contribution in [0, 0.1) is 52.2 Å². The molecule has 0 saturated carbocycles. The Balaban J connectivity index is 0.000000145. The number of carbonyl (C=O) groups excluding carboxylic acids is 1. The number of nitrogens with two attached hydrogens (primary N) is 1. The first-order chi connectivity index (χ1) is 44.3. The summed E-state index contributed by atoms with van der Waals surface area (Å²) < 4.78 is 43.3. The lowest BCUT2D eigenvalue weighted by atomic mass is 10.2. The Labute approximate surface area is 554 Å². The van der Waals surface area contributed by atoms with Gasteiger partial charge in [-0.3, -0.25) is 9.78 Å². The Morgan fingerprint density at radius 3 is 1.63 bits per heavy atom. The third-order valence-corrected chi connectivity index (χ3v) is 16.9. The van der Waals surface area contributed by atoms with Crippen LogP contribution in [0.15, 0.2) is 148 Å². The Morgan fingerprint density at radius 2 is 1.09 bits per heavy atom. The molecular formula is C55H28Cl3F2N21O5S6. The average molecular weight is 1400 g/mol. The molecule has 454 valence electrons. The highest BCUT2D eigenvalue weighted by Gasteiger charge is 2.17. The van der Waals surface area contributed by atoms with Gasteiger partial charge >= 0.3 is 0 Å². The number of azo groups is 4.